The molecule has 0 unspecified atom stereocenters. The SMILES string of the molecule is CN(C)C(=O)C1=C[C@@H]2CNC[C@@H]2C1. The van der Waals surface area contributed by atoms with Crippen molar-refractivity contribution in [1.29, 1.82) is 0 Å². The van der Waals surface area contributed by atoms with Gasteiger partial charge in [0, 0.05) is 26.2 Å². The van der Waals surface area contributed by atoms with Gasteiger partial charge in [0.25, 0.3) is 0 Å². The van der Waals surface area contributed by atoms with Crippen LogP contribution in [0.15, 0.2) is 11.6 Å². The third kappa shape index (κ3) is 1.48. The molecule has 1 saturated heterocycles. The minimum atomic E-state index is 0.189. The molecule has 72 valence electrons. The molecule has 0 spiro atoms. The number of rotatable bonds is 1. The van der Waals surface area contributed by atoms with E-state index < -0.39 is 0 Å². The molecule has 0 aromatic rings. The van der Waals surface area contributed by atoms with Gasteiger partial charge >= 0.3 is 0 Å². The standard InChI is InChI=1S/C10H16N2O/c1-12(2)10(13)7-3-8-5-11-6-9(8)4-7/h3,8-9,11H,4-6H2,1-2H3/t8-,9+/m1/s1. The van der Waals surface area contributed by atoms with Gasteiger partial charge in [0.15, 0.2) is 0 Å². The second-order valence-electron chi connectivity index (χ2n) is 4.18. The number of nitrogens with one attached hydrogen (secondary N) is 1. The monoisotopic (exact) mass is 180 g/mol. The number of fused-ring (bicyclic) bond motifs is 1. The number of nitrogens with zero attached hydrogens (tertiary/aromatic N) is 1. The minimum absolute atomic E-state index is 0.189. The summed E-state index contributed by atoms with van der Waals surface area (Å²) in [6.45, 7) is 2.13. The van der Waals surface area contributed by atoms with Crippen molar-refractivity contribution in [3.05, 3.63) is 11.6 Å². The molecule has 2 atom stereocenters. The molecule has 2 aliphatic rings. The van der Waals surface area contributed by atoms with Crippen LogP contribution < -0.4 is 5.32 Å². The van der Waals surface area contributed by atoms with Crippen molar-refractivity contribution in [2.45, 2.75) is 6.42 Å². The fourth-order valence-electron chi connectivity index (χ4n) is 2.23. The van der Waals surface area contributed by atoms with Crippen LogP contribution in [0.1, 0.15) is 6.42 Å². The van der Waals surface area contributed by atoms with Gasteiger partial charge in [0.05, 0.1) is 0 Å². The quantitative estimate of drug-likeness (QED) is 0.627. The zero-order chi connectivity index (χ0) is 9.42. The van der Waals surface area contributed by atoms with Crippen LogP contribution in [0, 0.1) is 11.8 Å². The van der Waals surface area contributed by atoms with Crippen molar-refractivity contribution >= 4 is 5.91 Å². The Bertz CT molecular complexity index is 258. The van der Waals surface area contributed by atoms with Crippen LogP contribution in [-0.4, -0.2) is 38.0 Å². The topological polar surface area (TPSA) is 32.3 Å². The van der Waals surface area contributed by atoms with Gasteiger partial charge in [-0.15, -0.1) is 0 Å². The van der Waals surface area contributed by atoms with Crippen LogP contribution in [0.5, 0.6) is 0 Å². The fourth-order valence-corrected chi connectivity index (χ4v) is 2.23. The fraction of sp³-hybridized carbons (Fsp3) is 0.700. The van der Waals surface area contributed by atoms with Crippen molar-refractivity contribution < 1.29 is 4.79 Å². The van der Waals surface area contributed by atoms with E-state index in [1.54, 1.807) is 4.90 Å². The first kappa shape index (κ1) is 8.75. The van der Waals surface area contributed by atoms with Crippen LogP contribution in [0.2, 0.25) is 0 Å². The molecular formula is C10H16N2O. The Balaban J connectivity index is 2.07. The predicted molar refractivity (Wildman–Crippen MR) is 51.2 cm³/mol. The zero-order valence-electron chi connectivity index (χ0n) is 8.21. The van der Waals surface area contributed by atoms with E-state index in [1.807, 2.05) is 14.1 Å². The lowest BCUT2D eigenvalue weighted by atomic mass is 10.00. The van der Waals surface area contributed by atoms with E-state index >= 15 is 0 Å². The van der Waals surface area contributed by atoms with E-state index in [-0.39, 0.29) is 5.91 Å². The molecule has 0 aromatic heterocycles. The van der Waals surface area contributed by atoms with Gasteiger partial charge in [0.2, 0.25) is 5.91 Å². The Morgan fingerprint density at radius 2 is 2.31 bits per heavy atom. The predicted octanol–water partition coefficient (Wildman–Crippen LogP) is 0.240. The van der Waals surface area contributed by atoms with E-state index in [0.717, 1.165) is 25.1 Å². The minimum Gasteiger partial charge on any atom is -0.345 e. The summed E-state index contributed by atoms with van der Waals surface area (Å²) in [4.78, 5) is 13.3. The summed E-state index contributed by atoms with van der Waals surface area (Å²) < 4.78 is 0. The molecule has 13 heavy (non-hydrogen) atoms. The summed E-state index contributed by atoms with van der Waals surface area (Å²) in [6.07, 6.45) is 3.13. The third-order valence-corrected chi connectivity index (χ3v) is 2.97. The summed E-state index contributed by atoms with van der Waals surface area (Å²) in [5, 5.41) is 3.34. The van der Waals surface area contributed by atoms with Gasteiger partial charge in [-0.1, -0.05) is 6.08 Å². The van der Waals surface area contributed by atoms with Gasteiger partial charge < -0.3 is 10.2 Å². The van der Waals surface area contributed by atoms with Crippen molar-refractivity contribution in [2.75, 3.05) is 27.2 Å². The van der Waals surface area contributed by atoms with E-state index in [1.165, 1.54) is 0 Å². The Labute approximate surface area is 78.8 Å². The smallest absolute Gasteiger partial charge is 0.248 e. The number of carbonyl (C=O) groups is 1. The maximum atomic E-state index is 11.6. The molecule has 0 radical (unpaired) electrons. The highest BCUT2D eigenvalue weighted by Gasteiger charge is 2.33. The summed E-state index contributed by atoms with van der Waals surface area (Å²) >= 11 is 0. The van der Waals surface area contributed by atoms with Crippen LogP contribution in [0.3, 0.4) is 0 Å². The molecule has 2 rings (SSSR count). The maximum Gasteiger partial charge on any atom is 0.248 e. The summed E-state index contributed by atoms with van der Waals surface area (Å²) in [6, 6.07) is 0. The molecular weight excluding hydrogens is 164 g/mol. The van der Waals surface area contributed by atoms with Gasteiger partial charge in [-0.05, 0) is 24.8 Å². The van der Waals surface area contributed by atoms with Gasteiger partial charge in [-0.25, -0.2) is 0 Å². The normalized spacial score (nSPS) is 31.4. The number of hydrogen-bond acceptors (Lipinski definition) is 2. The van der Waals surface area contributed by atoms with Crippen LogP contribution in [-0.2, 0) is 4.79 Å². The number of carbonyl (C=O) groups excluding carboxylic acids is 1. The molecule has 1 heterocycles. The molecule has 0 saturated carbocycles. The van der Waals surface area contributed by atoms with Crippen molar-refractivity contribution in [2.24, 2.45) is 11.8 Å². The van der Waals surface area contributed by atoms with Gasteiger partial charge in [0.1, 0.15) is 0 Å². The summed E-state index contributed by atoms with van der Waals surface area (Å²) in [5.74, 6) is 1.48. The van der Waals surface area contributed by atoms with E-state index in [0.29, 0.717) is 11.8 Å². The number of likely N-dealkylation sites (N-methyl/N-ethyl adjacent to an activating group) is 1. The largest absolute Gasteiger partial charge is 0.345 e. The Hall–Kier alpha value is -0.830. The first-order valence-corrected chi connectivity index (χ1v) is 4.81. The highest BCUT2D eigenvalue weighted by atomic mass is 16.2. The third-order valence-electron chi connectivity index (χ3n) is 2.97. The van der Waals surface area contributed by atoms with Crippen molar-refractivity contribution in [1.82, 2.24) is 10.2 Å². The van der Waals surface area contributed by atoms with Gasteiger partial charge in [-0.2, -0.15) is 0 Å². The number of amides is 1. The molecule has 0 aromatic carbocycles. The molecule has 0 bridgehead atoms. The van der Waals surface area contributed by atoms with E-state index in [9.17, 15) is 4.79 Å². The average molecular weight is 180 g/mol. The number of hydrogen-bond donors (Lipinski definition) is 1. The zero-order valence-corrected chi connectivity index (χ0v) is 8.21. The van der Waals surface area contributed by atoms with E-state index in [4.69, 9.17) is 0 Å². The Morgan fingerprint density at radius 1 is 1.54 bits per heavy atom. The lowest BCUT2D eigenvalue weighted by molar-refractivity contribution is -0.124. The lowest BCUT2D eigenvalue weighted by Crippen LogP contribution is -2.23. The molecule has 3 heteroatoms. The molecule has 1 N–H and O–H groups in total. The first-order valence-electron chi connectivity index (χ1n) is 4.81. The lowest BCUT2D eigenvalue weighted by Gasteiger charge is -2.11. The molecule has 1 fully saturated rings. The first-order chi connectivity index (χ1) is 6.18. The summed E-state index contributed by atoms with van der Waals surface area (Å²) in [5.41, 5.74) is 1.02. The maximum absolute atomic E-state index is 11.6. The van der Waals surface area contributed by atoms with E-state index in [2.05, 4.69) is 11.4 Å². The van der Waals surface area contributed by atoms with Gasteiger partial charge in [-0.3, -0.25) is 4.79 Å². The Kier molecular flexibility index (Phi) is 2.12. The molecule has 1 aliphatic carbocycles. The average Bonchev–Trinajstić information content (AvgIpc) is 2.59. The van der Waals surface area contributed by atoms with Crippen LogP contribution in [0.25, 0.3) is 0 Å². The van der Waals surface area contributed by atoms with Crippen molar-refractivity contribution in [3.63, 3.8) is 0 Å². The van der Waals surface area contributed by atoms with Crippen molar-refractivity contribution in [3.8, 4) is 0 Å². The van der Waals surface area contributed by atoms with Crippen LogP contribution >= 0.6 is 0 Å². The second-order valence-corrected chi connectivity index (χ2v) is 4.18. The molecule has 1 amide bonds. The molecule has 3 nitrogen and oxygen atoms in total. The molecule has 1 aliphatic heterocycles. The summed E-state index contributed by atoms with van der Waals surface area (Å²) in [7, 11) is 3.63. The second kappa shape index (κ2) is 3.14. The Morgan fingerprint density at radius 3 is 2.92 bits per heavy atom. The highest BCUT2D eigenvalue weighted by Crippen LogP contribution is 2.33. The highest BCUT2D eigenvalue weighted by molar-refractivity contribution is 5.93. The van der Waals surface area contributed by atoms with Crippen LogP contribution in [0.4, 0.5) is 0 Å².